The molecule has 6 heteroatoms. The van der Waals surface area contributed by atoms with Crippen LogP contribution in [0.25, 0.3) is 0 Å². The number of hydrogen-bond donors (Lipinski definition) is 1. The first-order valence-corrected chi connectivity index (χ1v) is 10.3. The lowest BCUT2D eigenvalue weighted by Gasteiger charge is -2.44. The minimum Gasteiger partial charge on any atom is -0.334 e. The van der Waals surface area contributed by atoms with E-state index in [2.05, 4.69) is 5.32 Å². The topological polar surface area (TPSA) is 66.5 Å². The maximum absolute atomic E-state index is 13.5. The molecule has 1 spiro atoms. The molecule has 0 atom stereocenters. The fraction of sp³-hybridized carbons (Fsp3) is 0.375. The molecule has 0 bridgehead atoms. The third kappa shape index (κ3) is 4.13. The molecule has 156 valence electrons. The van der Waals surface area contributed by atoms with Crippen molar-refractivity contribution in [3.8, 4) is 0 Å². The zero-order valence-electron chi connectivity index (χ0n) is 17.0. The highest BCUT2D eigenvalue weighted by Crippen LogP contribution is 2.43. The van der Waals surface area contributed by atoms with Crippen molar-refractivity contribution in [1.82, 2.24) is 10.2 Å². The molecule has 2 aliphatic rings. The first-order valence-electron chi connectivity index (χ1n) is 10.3. The van der Waals surface area contributed by atoms with Crippen LogP contribution in [0.3, 0.4) is 0 Å². The average molecular weight is 408 g/mol. The molecule has 30 heavy (non-hydrogen) atoms. The summed E-state index contributed by atoms with van der Waals surface area (Å²) in [7, 11) is 0. The molecule has 5 nitrogen and oxygen atoms in total. The van der Waals surface area contributed by atoms with Crippen molar-refractivity contribution in [3.05, 3.63) is 70.5 Å². The second-order valence-corrected chi connectivity index (χ2v) is 8.48. The highest BCUT2D eigenvalue weighted by Gasteiger charge is 2.41. The number of carbonyl (C=O) groups excluding carboxylic acids is 3. The highest BCUT2D eigenvalue weighted by atomic mass is 19.1. The number of carbonyl (C=O) groups is 3. The molecule has 0 aromatic heterocycles. The van der Waals surface area contributed by atoms with Gasteiger partial charge >= 0.3 is 6.03 Å². The van der Waals surface area contributed by atoms with Crippen LogP contribution in [0.5, 0.6) is 0 Å². The van der Waals surface area contributed by atoms with Crippen LogP contribution in [-0.2, 0) is 13.0 Å². The maximum Gasteiger partial charge on any atom is 0.317 e. The summed E-state index contributed by atoms with van der Waals surface area (Å²) in [6.07, 6.45) is 2.67. The maximum atomic E-state index is 13.5. The van der Waals surface area contributed by atoms with Crippen molar-refractivity contribution < 1.29 is 18.8 Å². The summed E-state index contributed by atoms with van der Waals surface area (Å²) in [6, 6.07) is 11.6. The number of ketones is 2. The minimum absolute atomic E-state index is 0.000922. The summed E-state index contributed by atoms with van der Waals surface area (Å²) < 4.78 is 13.5. The summed E-state index contributed by atoms with van der Waals surface area (Å²) in [5.74, 6) is -0.381. The predicted octanol–water partition coefficient (Wildman–Crippen LogP) is 4.15. The van der Waals surface area contributed by atoms with Gasteiger partial charge in [0.05, 0.1) is 0 Å². The van der Waals surface area contributed by atoms with Crippen LogP contribution in [-0.4, -0.2) is 35.6 Å². The number of benzene rings is 2. The number of piperidine rings is 1. The van der Waals surface area contributed by atoms with E-state index in [1.807, 2.05) is 12.1 Å². The molecule has 0 unspecified atom stereocenters. The van der Waals surface area contributed by atoms with Gasteiger partial charge in [-0.25, -0.2) is 9.18 Å². The molecule has 1 saturated heterocycles. The molecule has 1 heterocycles. The Hall–Kier alpha value is -3.02. The Labute approximate surface area is 175 Å². The summed E-state index contributed by atoms with van der Waals surface area (Å²) in [5.41, 5.74) is 2.79. The van der Waals surface area contributed by atoms with Gasteiger partial charge in [-0.05, 0) is 60.9 Å². The van der Waals surface area contributed by atoms with Gasteiger partial charge in [0, 0.05) is 37.2 Å². The second kappa shape index (κ2) is 8.01. The molecule has 2 amide bonds. The van der Waals surface area contributed by atoms with E-state index in [0.29, 0.717) is 37.2 Å². The summed E-state index contributed by atoms with van der Waals surface area (Å²) >= 11 is 0. The van der Waals surface area contributed by atoms with Crippen LogP contribution in [0.1, 0.15) is 58.0 Å². The van der Waals surface area contributed by atoms with Gasteiger partial charge in [0.1, 0.15) is 5.82 Å². The number of nitrogens with zero attached hydrogens (tertiary/aromatic N) is 1. The Morgan fingerprint density at radius 3 is 2.60 bits per heavy atom. The third-order valence-electron chi connectivity index (χ3n) is 6.36. The van der Waals surface area contributed by atoms with Gasteiger partial charge in [-0.15, -0.1) is 0 Å². The van der Waals surface area contributed by atoms with Crippen molar-refractivity contribution in [2.45, 2.75) is 39.2 Å². The second-order valence-electron chi connectivity index (χ2n) is 8.48. The molecule has 0 saturated carbocycles. The first kappa shape index (κ1) is 20.3. The minimum atomic E-state index is -0.377. The van der Waals surface area contributed by atoms with Crippen LogP contribution < -0.4 is 5.32 Å². The van der Waals surface area contributed by atoms with Crippen LogP contribution in [0, 0.1) is 11.2 Å². The monoisotopic (exact) mass is 408 g/mol. The van der Waals surface area contributed by atoms with E-state index < -0.39 is 0 Å². The largest absolute Gasteiger partial charge is 0.334 e. The highest BCUT2D eigenvalue weighted by molar-refractivity contribution is 5.99. The zero-order chi connectivity index (χ0) is 21.3. The Kier molecular flexibility index (Phi) is 5.41. The quantitative estimate of drug-likeness (QED) is 0.776. The first-order chi connectivity index (χ1) is 14.3. The molecule has 0 radical (unpaired) electrons. The number of rotatable bonds is 3. The summed E-state index contributed by atoms with van der Waals surface area (Å²) in [4.78, 5) is 38.5. The third-order valence-corrected chi connectivity index (χ3v) is 6.36. The van der Waals surface area contributed by atoms with Crippen molar-refractivity contribution >= 4 is 17.6 Å². The Morgan fingerprint density at radius 1 is 1.10 bits per heavy atom. The van der Waals surface area contributed by atoms with E-state index in [1.165, 1.54) is 19.1 Å². The lowest BCUT2D eigenvalue weighted by atomic mass is 9.66. The number of fused-ring (bicyclic) bond motifs is 1. The number of halogens is 1. The van der Waals surface area contributed by atoms with Gasteiger partial charge < -0.3 is 10.2 Å². The van der Waals surface area contributed by atoms with E-state index in [0.717, 1.165) is 30.4 Å². The molecule has 1 aliphatic carbocycles. The van der Waals surface area contributed by atoms with Gasteiger partial charge in [-0.1, -0.05) is 24.3 Å². The van der Waals surface area contributed by atoms with Gasteiger partial charge in [0.15, 0.2) is 11.6 Å². The van der Waals surface area contributed by atoms with Crippen molar-refractivity contribution in [1.29, 1.82) is 0 Å². The summed E-state index contributed by atoms with van der Waals surface area (Å²) in [5, 5.41) is 2.92. The number of nitrogens with one attached hydrogen (secondary N) is 1. The SMILES string of the molecule is CC(=O)c1cccc(CNC(=O)N2CCC3(CC2)CC(=O)c2cc(F)ccc2C3)c1. The molecule has 1 fully saturated rings. The molecular formula is C24H25FN2O3. The number of urea groups is 1. The molecule has 1 N–H and O–H groups in total. The number of Topliss-reactive ketones (excluding diaryl/α,β-unsaturated/α-hetero) is 2. The van der Waals surface area contributed by atoms with E-state index in [-0.39, 0.29) is 28.8 Å². The van der Waals surface area contributed by atoms with Crippen LogP contribution in [0.15, 0.2) is 42.5 Å². The van der Waals surface area contributed by atoms with Crippen molar-refractivity contribution in [2.24, 2.45) is 5.41 Å². The van der Waals surface area contributed by atoms with Crippen LogP contribution in [0.4, 0.5) is 9.18 Å². The van der Waals surface area contributed by atoms with E-state index >= 15 is 0 Å². The van der Waals surface area contributed by atoms with Crippen LogP contribution >= 0.6 is 0 Å². The van der Waals surface area contributed by atoms with E-state index in [1.54, 1.807) is 23.1 Å². The molecule has 2 aromatic carbocycles. The van der Waals surface area contributed by atoms with Crippen LogP contribution in [0.2, 0.25) is 0 Å². The van der Waals surface area contributed by atoms with Crippen molar-refractivity contribution in [3.63, 3.8) is 0 Å². The normalized spacial score (nSPS) is 17.5. The zero-order valence-corrected chi connectivity index (χ0v) is 17.0. The number of amides is 2. The lowest BCUT2D eigenvalue weighted by molar-refractivity contribution is 0.0735. The Morgan fingerprint density at radius 2 is 1.87 bits per heavy atom. The molecule has 1 aliphatic heterocycles. The van der Waals surface area contributed by atoms with Gasteiger partial charge in [-0.2, -0.15) is 0 Å². The summed E-state index contributed by atoms with van der Waals surface area (Å²) in [6.45, 7) is 3.05. The molecule has 2 aromatic rings. The van der Waals surface area contributed by atoms with Gasteiger partial charge in [-0.3, -0.25) is 9.59 Å². The molecule has 4 rings (SSSR count). The average Bonchev–Trinajstić information content (AvgIpc) is 2.73. The fourth-order valence-electron chi connectivity index (χ4n) is 4.59. The Balaban J connectivity index is 1.35. The number of likely N-dealkylation sites (tertiary alicyclic amines) is 1. The Bertz CT molecular complexity index is 1010. The number of hydrogen-bond acceptors (Lipinski definition) is 3. The van der Waals surface area contributed by atoms with E-state index in [4.69, 9.17) is 0 Å². The van der Waals surface area contributed by atoms with E-state index in [9.17, 15) is 18.8 Å². The fourth-order valence-corrected chi connectivity index (χ4v) is 4.59. The van der Waals surface area contributed by atoms with Gasteiger partial charge in [0.25, 0.3) is 0 Å². The predicted molar refractivity (Wildman–Crippen MR) is 111 cm³/mol. The lowest BCUT2D eigenvalue weighted by Crippen LogP contribution is -2.49. The smallest absolute Gasteiger partial charge is 0.317 e. The van der Waals surface area contributed by atoms with Crippen molar-refractivity contribution in [2.75, 3.05) is 13.1 Å². The molecular weight excluding hydrogens is 383 g/mol. The standard InChI is InChI=1S/C24H25FN2O3/c1-16(28)18-4-2-3-17(11-18)15-26-23(30)27-9-7-24(8-10-27)13-19-5-6-20(25)12-21(19)22(29)14-24/h2-6,11-12H,7-10,13-15H2,1H3,(H,26,30). The van der Waals surface area contributed by atoms with Gasteiger partial charge in [0.2, 0.25) is 0 Å².